The normalized spacial score (nSPS) is 12.8. The average Bonchev–Trinajstić information content (AvgIpc) is 2.25. The van der Waals surface area contributed by atoms with E-state index in [-0.39, 0.29) is 21.4 Å². The second-order valence-corrected chi connectivity index (χ2v) is 7.30. The summed E-state index contributed by atoms with van der Waals surface area (Å²) in [7, 11) is -9.08. The Morgan fingerprint density at radius 3 is 1.95 bits per heavy atom. The summed E-state index contributed by atoms with van der Waals surface area (Å²) in [6, 6.07) is 4.54. The number of fused-ring (bicyclic) bond motifs is 1. The van der Waals surface area contributed by atoms with Crippen LogP contribution < -0.4 is 5.73 Å². The minimum absolute atomic E-state index is 0.0233. The highest BCUT2D eigenvalue weighted by molar-refractivity contribution is 7.86. The third-order valence-electron chi connectivity index (χ3n) is 2.59. The molecular formula is C10H9NO6S3. The Hall–Kier alpha value is -1.33. The zero-order valence-electron chi connectivity index (χ0n) is 9.68. The van der Waals surface area contributed by atoms with Gasteiger partial charge in [0.2, 0.25) is 0 Å². The number of rotatable bonds is 2. The SMILES string of the molecule is Nc1cc2c(S(=O)(=O)O)cc(S)cc2cc1S(=O)(=O)O. The van der Waals surface area contributed by atoms with E-state index in [0.29, 0.717) is 0 Å². The van der Waals surface area contributed by atoms with Gasteiger partial charge in [-0.3, -0.25) is 9.11 Å². The van der Waals surface area contributed by atoms with Gasteiger partial charge >= 0.3 is 0 Å². The molecule has 0 saturated carbocycles. The predicted molar refractivity (Wildman–Crippen MR) is 75.2 cm³/mol. The van der Waals surface area contributed by atoms with E-state index in [9.17, 15) is 16.8 Å². The first-order valence-corrected chi connectivity index (χ1v) is 8.34. The molecule has 0 aromatic heterocycles. The Balaban J connectivity index is 3.00. The van der Waals surface area contributed by atoms with Crippen molar-refractivity contribution >= 4 is 49.3 Å². The Bertz CT molecular complexity index is 918. The van der Waals surface area contributed by atoms with Gasteiger partial charge in [-0.15, -0.1) is 12.6 Å². The number of hydrogen-bond donors (Lipinski definition) is 4. The number of benzene rings is 2. The highest BCUT2D eigenvalue weighted by Crippen LogP contribution is 2.32. The lowest BCUT2D eigenvalue weighted by Crippen LogP contribution is -2.05. The second kappa shape index (κ2) is 4.60. The van der Waals surface area contributed by atoms with E-state index < -0.39 is 30.0 Å². The molecule has 0 aliphatic rings. The molecule has 10 heteroatoms. The van der Waals surface area contributed by atoms with Gasteiger partial charge in [0, 0.05) is 10.3 Å². The maximum absolute atomic E-state index is 11.3. The van der Waals surface area contributed by atoms with Gasteiger partial charge in [0.1, 0.15) is 9.79 Å². The third-order valence-corrected chi connectivity index (χ3v) is 4.65. The summed E-state index contributed by atoms with van der Waals surface area (Å²) in [5.41, 5.74) is 5.15. The summed E-state index contributed by atoms with van der Waals surface area (Å²) in [6.07, 6.45) is 0. The second-order valence-electron chi connectivity index (χ2n) is 4.01. The molecule has 0 unspecified atom stereocenters. The lowest BCUT2D eigenvalue weighted by Gasteiger charge is -2.09. The number of hydrogen-bond acceptors (Lipinski definition) is 6. The van der Waals surface area contributed by atoms with Gasteiger partial charge in [-0.05, 0) is 29.7 Å². The molecule has 2 aromatic rings. The summed E-state index contributed by atoms with van der Waals surface area (Å²) in [5, 5.41) is 0.169. The molecule has 108 valence electrons. The van der Waals surface area contributed by atoms with Crippen LogP contribution in [-0.4, -0.2) is 25.9 Å². The van der Waals surface area contributed by atoms with Crippen molar-refractivity contribution in [3.63, 3.8) is 0 Å². The molecule has 0 heterocycles. The Morgan fingerprint density at radius 1 is 0.900 bits per heavy atom. The molecule has 20 heavy (non-hydrogen) atoms. The van der Waals surface area contributed by atoms with Crippen LogP contribution >= 0.6 is 12.6 Å². The first kappa shape index (κ1) is 15.1. The van der Waals surface area contributed by atoms with Crippen molar-refractivity contribution in [2.45, 2.75) is 14.7 Å². The third kappa shape index (κ3) is 2.74. The molecule has 4 N–H and O–H groups in total. The first-order chi connectivity index (χ1) is 9.00. The van der Waals surface area contributed by atoms with Gasteiger partial charge in [0.05, 0.1) is 5.69 Å². The smallest absolute Gasteiger partial charge is 0.296 e. The van der Waals surface area contributed by atoms with Crippen LogP contribution in [0.5, 0.6) is 0 Å². The summed E-state index contributed by atoms with van der Waals surface area (Å²) in [4.78, 5) is -0.810. The highest BCUT2D eigenvalue weighted by Gasteiger charge is 2.20. The van der Waals surface area contributed by atoms with Crippen LogP contribution in [0.15, 0.2) is 39.0 Å². The highest BCUT2D eigenvalue weighted by atomic mass is 32.2. The van der Waals surface area contributed by atoms with Crippen LogP contribution in [0.1, 0.15) is 0 Å². The predicted octanol–water partition coefficient (Wildman–Crippen LogP) is 1.20. The van der Waals surface area contributed by atoms with Crippen LogP contribution in [0.3, 0.4) is 0 Å². The number of nitrogen functional groups attached to an aromatic ring is 1. The van der Waals surface area contributed by atoms with E-state index in [1.807, 2.05) is 0 Å². The molecule has 0 amide bonds. The molecule has 0 spiro atoms. The van der Waals surface area contributed by atoms with Gasteiger partial charge in [-0.25, -0.2) is 0 Å². The number of anilines is 1. The van der Waals surface area contributed by atoms with Crippen LogP contribution in [-0.2, 0) is 20.2 Å². The Morgan fingerprint density at radius 2 is 1.45 bits per heavy atom. The Labute approximate surface area is 120 Å². The fourth-order valence-electron chi connectivity index (χ4n) is 1.79. The quantitative estimate of drug-likeness (QED) is 0.368. The maximum Gasteiger partial charge on any atom is 0.296 e. The minimum Gasteiger partial charge on any atom is -0.398 e. The van der Waals surface area contributed by atoms with Crippen molar-refractivity contribution in [2.24, 2.45) is 0 Å². The Kier molecular flexibility index (Phi) is 3.47. The minimum atomic E-state index is -4.55. The largest absolute Gasteiger partial charge is 0.398 e. The zero-order chi connectivity index (χ0) is 15.3. The van der Waals surface area contributed by atoms with Gasteiger partial charge in [-0.1, -0.05) is 0 Å². The zero-order valence-corrected chi connectivity index (χ0v) is 12.2. The maximum atomic E-state index is 11.3. The fourth-order valence-corrected chi connectivity index (χ4v) is 3.51. The molecule has 7 nitrogen and oxygen atoms in total. The topological polar surface area (TPSA) is 135 Å². The van der Waals surface area contributed by atoms with Crippen molar-refractivity contribution in [3.8, 4) is 0 Å². The van der Waals surface area contributed by atoms with Gasteiger partial charge < -0.3 is 5.73 Å². The van der Waals surface area contributed by atoms with Crippen molar-refractivity contribution in [1.82, 2.24) is 0 Å². The standard InChI is InChI=1S/C10H9NO6S3/c11-8-4-7-5(2-10(8)20(15,16)17)1-6(18)3-9(7)19(12,13)14/h1-4,18H,11H2,(H,12,13,14)(H,15,16,17). The monoisotopic (exact) mass is 335 g/mol. The molecular weight excluding hydrogens is 326 g/mol. The lowest BCUT2D eigenvalue weighted by atomic mass is 10.1. The fraction of sp³-hybridized carbons (Fsp3) is 0. The van der Waals surface area contributed by atoms with E-state index in [1.165, 1.54) is 6.07 Å². The molecule has 2 rings (SSSR count). The molecule has 0 bridgehead atoms. The van der Waals surface area contributed by atoms with Gasteiger partial charge in [-0.2, -0.15) is 16.8 Å². The van der Waals surface area contributed by atoms with E-state index in [4.69, 9.17) is 14.8 Å². The van der Waals surface area contributed by atoms with E-state index >= 15 is 0 Å². The van der Waals surface area contributed by atoms with E-state index in [2.05, 4.69) is 12.6 Å². The molecule has 2 aromatic carbocycles. The number of thiol groups is 1. The van der Waals surface area contributed by atoms with Gasteiger partial charge in [0.15, 0.2) is 0 Å². The number of nitrogens with two attached hydrogens (primary N) is 1. The van der Waals surface area contributed by atoms with Crippen LogP contribution in [0.25, 0.3) is 10.8 Å². The first-order valence-electron chi connectivity index (χ1n) is 5.01. The van der Waals surface area contributed by atoms with Crippen molar-refractivity contribution in [1.29, 1.82) is 0 Å². The van der Waals surface area contributed by atoms with Crippen LogP contribution in [0.2, 0.25) is 0 Å². The van der Waals surface area contributed by atoms with Crippen molar-refractivity contribution in [3.05, 3.63) is 24.3 Å². The van der Waals surface area contributed by atoms with Crippen molar-refractivity contribution in [2.75, 3.05) is 5.73 Å². The average molecular weight is 335 g/mol. The summed E-state index contributed by atoms with van der Waals surface area (Å²) < 4.78 is 63.1. The summed E-state index contributed by atoms with van der Waals surface area (Å²) >= 11 is 3.98. The molecule has 0 radical (unpaired) electrons. The summed E-state index contributed by atoms with van der Waals surface area (Å²) in [6.45, 7) is 0. The molecule has 0 atom stereocenters. The lowest BCUT2D eigenvalue weighted by molar-refractivity contribution is 0.482. The molecule has 0 aliphatic carbocycles. The molecule has 0 aliphatic heterocycles. The molecule has 0 fully saturated rings. The van der Waals surface area contributed by atoms with E-state index in [1.54, 1.807) is 0 Å². The summed E-state index contributed by atoms with van der Waals surface area (Å²) in [5.74, 6) is 0. The molecule has 0 saturated heterocycles. The van der Waals surface area contributed by atoms with Crippen LogP contribution in [0.4, 0.5) is 5.69 Å². The van der Waals surface area contributed by atoms with E-state index in [0.717, 1.165) is 18.2 Å². The van der Waals surface area contributed by atoms with Crippen molar-refractivity contribution < 1.29 is 25.9 Å². The van der Waals surface area contributed by atoms with Gasteiger partial charge in [0.25, 0.3) is 20.2 Å². The van der Waals surface area contributed by atoms with Crippen LogP contribution in [0, 0.1) is 0 Å².